The summed E-state index contributed by atoms with van der Waals surface area (Å²) in [4.78, 5) is 11.8. The summed E-state index contributed by atoms with van der Waals surface area (Å²) in [5, 5.41) is 9.69. The number of carboxylic acid groups (broad SMARTS) is 1. The summed E-state index contributed by atoms with van der Waals surface area (Å²) in [6, 6.07) is 6.29. The van der Waals surface area contributed by atoms with Crippen molar-refractivity contribution in [2.45, 2.75) is 96.3 Å². The summed E-state index contributed by atoms with van der Waals surface area (Å²) in [7, 11) is 0. The zero-order valence-electron chi connectivity index (χ0n) is 16.7. The Hall–Kier alpha value is -1.31. The van der Waals surface area contributed by atoms with E-state index in [2.05, 4.69) is 26.0 Å². The molecule has 2 nitrogen and oxygen atoms in total. The lowest BCUT2D eigenvalue weighted by atomic mass is 9.74. The van der Waals surface area contributed by atoms with Crippen molar-refractivity contribution in [1.29, 1.82) is 0 Å². The first-order chi connectivity index (χ1) is 12.6. The van der Waals surface area contributed by atoms with Gasteiger partial charge in [0, 0.05) is 0 Å². The summed E-state index contributed by atoms with van der Waals surface area (Å²) < 4.78 is 0. The number of hydrogen-bond donors (Lipinski definition) is 1. The quantitative estimate of drug-likeness (QED) is 0.588. The van der Waals surface area contributed by atoms with E-state index in [9.17, 15) is 9.90 Å². The Morgan fingerprint density at radius 2 is 1.54 bits per heavy atom. The maximum atomic E-state index is 11.8. The summed E-state index contributed by atoms with van der Waals surface area (Å²) in [6.45, 7) is 4.57. The molecular formula is C24H36O2. The largest absolute Gasteiger partial charge is 0.478 e. The van der Waals surface area contributed by atoms with Crippen LogP contribution in [0.5, 0.6) is 0 Å². The van der Waals surface area contributed by atoms with Gasteiger partial charge in [0.1, 0.15) is 0 Å². The van der Waals surface area contributed by atoms with Gasteiger partial charge in [0.25, 0.3) is 0 Å². The van der Waals surface area contributed by atoms with E-state index in [-0.39, 0.29) is 0 Å². The Kier molecular flexibility index (Phi) is 6.78. The Labute approximate surface area is 159 Å². The van der Waals surface area contributed by atoms with Gasteiger partial charge in [-0.15, -0.1) is 0 Å². The summed E-state index contributed by atoms with van der Waals surface area (Å²) in [5.41, 5.74) is 3.08. The van der Waals surface area contributed by atoms with Crippen LogP contribution in [0.3, 0.4) is 0 Å². The van der Waals surface area contributed by atoms with Crippen molar-refractivity contribution in [3.8, 4) is 0 Å². The van der Waals surface area contributed by atoms with Gasteiger partial charge in [-0.3, -0.25) is 0 Å². The van der Waals surface area contributed by atoms with Gasteiger partial charge < -0.3 is 5.11 Å². The van der Waals surface area contributed by atoms with E-state index in [0.29, 0.717) is 17.4 Å². The fourth-order valence-electron chi connectivity index (χ4n) is 5.44. The third-order valence-corrected chi connectivity index (χ3v) is 7.19. The molecule has 2 saturated carbocycles. The minimum absolute atomic E-state index is 0.445. The normalized spacial score (nSPS) is 29.5. The van der Waals surface area contributed by atoms with Crippen molar-refractivity contribution in [3.05, 3.63) is 34.9 Å². The highest BCUT2D eigenvalue weighted by Gasteiger charge is 2.27. The molecule has 0 unspecified atom stereocenters. The van der Waals surface area contributed by atoms with Gasteiger partial charge in [0.05, 0.1) is 5.56 Å². The monoisotopic (exact) mass is 356 g/mol. The smallest absolute Gasteiger partial charge is 0.335 e. The Balaban J connectivity index is 1.76. The van der Waals surface area contributed by atoms with Gasteiger partial charge in [0.15, 0.2) is 0 Å². The highest BCUT2D eigenvalue weighted by molar-refractivity contribution is 5.89. The van der Waals surface area contributed by atoms with Crippen LogP contribution in [-0.4, -0.2) is 11.1 Å². The molecule has 0 radical (unpaired) electrons. The van der Waals surface area contributed by atoms with Gasteiger partial charge in [0.2, 0.25) is 0 Å². The number of carboxylic acids is 1. The van der Waals surface area contributed by atoms with E-state index in [1.807, 2.05) is 6.07 Å². The van der Waals surface area contributed by atoms with E-state index < -0.39 is 5.97 Å². The third-order valence-electron chi connectivity index (χ3n) is 7.19. The zero-order valence-corrected chi connectivity index (χ0v) is 16.7. The lowest BCUT2D eigenvalue weighted by Gasteiger charge is -2.31. The molecule has 0 saturated heterocycles. The number of hydrogen-bond acceptors (Lipinski definition) is 1. The van der Waals surface area contributed by atoms with Crippen LogP contribution >= 0.6 is 0 Å². The van der Waals surface area contributed by atoms with Crippen LogP contribution in [0.25, 0.3) is 0 Å². The summed E-state index contributed by atoms with van der Waals surface area (Å²) in [5.74, 6) is 2.09. The number of benzene rings is 1. The van der Waals surface area contributed by atoms with Crippen LogP contribution in [0, 0.1) is 11.8 Å². The maximum Gasteiger partial charge on any atom is 0.335 e. The average molecular weight is 357 g/mol. The second-order valence-electron chi connectivity index (χ2n) is 8.78. The van der Waals surface area contributed by atoms with Crippen molar-refractivity contribution in [2.24, 2.45) is 11.8 Å². The van der Waals surface area contributed by atoms with Crippen molar-refractivity contribution in [3.63, 3.8) is 0 Å². The molecule has 0 aromatic heterocycles. The highest BCUT2D eigenvalue weighted by Crippen LogP contribution is 2.42. The number of rotatable bonds is 6. The molecule has 2 heteroatoms. The lowest BCUT2D eigenvalue weighted by molar-refractivity contribution is 0.0694. The van der Waals surface area contributed by atoms with Gasteiger partial charge in [-0.1, -0.05) is 45.2 Å². The predicted molar refractivity (Wildman–Crippen MR) is 108 cm³/mol. The second kappa shape index (κ2) is 9.06. The molecule has 3 rings (SSSR count). The average Bonchev–Trinajstić information content (AvgIpc) is 2.68. The summed E-state index contributed by atoms with van der Waals surface area (Å²) in [6.07, 6.45) is 14.0. The molecule has 2 aliphatic carbocycles. The SMILES string of the molecule is CCCC1CCC(c2ccc(C(=O)O)c(C3CCC(CC)CC3)c2)CC1. The van der Waals surface area contributed by atoms with E-state index in [0.717, 1.165) is 30.2 Å². The van der Waals surface area contributed by atoms with Crippen molar-refractivity contribution >= 4 is 5.97 Å². The van der Waals surface area contributed by atoms with Crippen LogP contribution < -0.4 is 0 Å². The number of aromatic carboxylic acids is 1. The van der Waals surface area contributed by atoms with E-state index in [1.165, 1.54) is 63.4 Å². The van der Waals surface area contributed by atoms with Crippen molar-refractivity contribution in [1.82, 2.24) is 0 Å². The molecule has 0 aliphatic heterocycles. The van der Waals surface area contributed by atoms with Crippen molar-refractivity contribution in [2.75, 3.05) is 0 Å². The minimum atomic E-state index is -0.754. The number of carbonyl (C=O) groups is 1. The molecule has 1 aromatic carbocycles. The first-order valence-corrected chi connectivity index (χ1v) is 11.0. The van der Waals surface area contributed by atoms with Crippen molar-refractivity contribution < 1.29 is 9.90 Å². The zero-order chi connectivity index (χ0) is 18.5. The van der Waals surface area contributed by atoms with Crippen LogP contribution in [0.4, 0.5) is 0 Å². The maximum absolute atomic E-state index is 11.8. The van der Waals surface area contributed by atoms with E-state index >= 15 is 0 Å². The first-order valence-electron chi connectivity index (χ1n) is 11.0. The lowest BCUT2D eigenvalue weighted by Crippen LogP contribution is -2.17. The molecule has 144 valence electrons. The molecule has 26 heavy (non-hydrogen) atoms. The molecule has 0 spiro atoms. The molecule has 0 heterocycles. The first kappa shape index (κ1) is 19.5. The third kappa shape index (κ3) is 4.50. The molecule has 2 aliphatic rings. The van der Waals surface area contributed by atoms with Crippen LogP contribution in [-0.2, 0) is 0 Å². The molecule has 2 fully saturated rings. The summed E-state index contributed by atoms with van der Waals surface area (Å²) >= 11 is 0. The highest BCUT2D eigenvalue weighted by atomic mass is 16.4. The Morgan fingerprint density at radius 1 is 0.923 bits per heavy atom. The van der Waals surface area contributed by atoms with Gasteiger partial charge in [-0.25, -0.2) is 4.79 Å². The van der Waals surface area contributed by atoms with Crippen LogP contribution in [0.2, 0.25) is 0 Å². The molecular weight excluding hydrogens is 320 g/mol. The van der Waals surface area contributed by atoms with Gasteiger partial charge in [-0.2, -0.15) is 0 Å². The molecule has 0 atom stereocenters. The van der Waals surface area contributed by atoms with E-state index in [4.69, 9.17) is 0 Å². The molecule has 0 amide bonds. The standard InChI is InChI=1S/C24H36O2/c1-3-5-18-8-10-19(11-9-18)21-14-15-22(24(25)26)23(16-21)20-12-6-17(4-2)7-13-20/h14-20H,3-13H2,1-2H3,(H,25,26). The van der Waals surface area contributed by atoms with Gasteiger partial charge >= 0.3 is 5.97 Å². The second-order valence-corrected chi connectivity index (χ2v) is 8.78. The predicted octanol–water partition coefficient (Wildman–Crippen LogP) is 7.14. The van der Waals surface area contributed by atoms with Gasteiger partial charge in [-0.05, 0) is 92.2 Å². The molecule has 1 aromatic rings. The topological polar surface area (TPSA) is 37.3 Å². The fraction of sp³-hybridized carbons (Fsp3) is 0.708. The van der Waals surface area contributed by atoms with Crippen LogP contribution in [0.1, 0.15) is 118 Å². The molecule has 0 bridgehead atoms. The van der Waals surface area contributed by atoms with E-state index in [1.54, 1.807) is 0 Å². The molecule has 1 N–H and O–H groups in total. The fourth-order valence-corrected chi connectivity index (χ4v) is 5.44. The van der Waals surface area contributed by atoms with Crippen LogP contribution in [0.15, 0.2) is 18.2 Å². The minimum Gasteiger partial charge on any atom is -0.478 e. The Morgan fingerprint density at radius 3 is 2.12 bits per heavy atom. The Bertz CT molecular complexity index is 590.